The maximum Gasteiger partial charge on any atom is 0.236 e. The van der Waals surface area contributed by atoms with Crippen LogP contribution in [-0.4, -0.2) is 28.9 Å². The molecule has 2 rings (SSSR count). The molecule has 6 heteroatoms. The largest absolute Gasteiger partial charge is 0.409 e. The van der Waals surface area contributed by atoms with E-state index in [2.05, 4.69) is 21.1 Å². The van der Waals surface area contributed by atoms with Crippen LogP contribution in [0.25, 0.3) is 0 Å². The SMILES string of the molecule is CN(Cc1ccc(Br)cc1)C(=O)C1(C(N)=NO)CCCC1. The second kappa shape index (κ2) is 6.47. The van der Waals surface area contributed by atoms with E-state index in [1.807, 2.05) is 24.3 Å². The number of nitrogens with zero attached hydrogens (tertiary/aromatic N) is 2. The van der Waals surface area contributed by atoms with Gasteiger partial charge in [0, 0.05) is 18.1 Å². The summed E-state index contributed by atoms with van der Waals surface area (Å²) in [6.07, 6.45) is 3.14. The average molecular weight is 354 g/mol. The topological polar surface area (TPSA) is 78.9 Å². The van der Waals surface area contributed by atoms with Gasteiger partial charge in [-0.25, -0.2) is 0 Å². The molecule has 0 aromatic heterocycles. The first-order chi connectivity index (χ1) is 9.99. The van der Waals surface area contributed by atoms with Crippen molar-refractivity contribution in [2.24, 2.45) is 16.3 Å². The summed E-state index contributed by atoms with van der Waals surface area (Å²) in [5.41, 5.74) is 6.02. The predicted molar refractivity (Wildman–Crippen MR) is 84.9 cm³/mol. The maximum atomic E-state index is 12.8. The van der Waals surface area contributed by atoms with Crippen molar-refractivity contribution in [3.05, 3.63) is 34.3 Å². The van der Waals surface area contributed by atoms with Crippen molar-refractivity contribution in [2.75, 3.05) is 7.05 Å². The first-order valence-electron chi connectivity index (χ1n) is 6.97. The molecule has 0 saturated heterocycles. The van der Waals surface area contributed by atoms with E-state index in [0.29, 0.717) is 19.4 Å². The molecular weight excluding hydrogens is 334 g/mol. The smallest absolute Gasteiger partial charge is 0.236 e. The first kappa shape index (κ1) is 15.8. The molecule has 0 spiro atoms. The third-order valence-electron chi connectivity index (χ3n) is 4.14. The zero-order chi connectivity index (χ0) is 15.5. The molecule has 1 aromatic carbocycles. The lowest BCUT2D eigenvalue weighted by Gasteiger charge is -2.31. The Morgan fingerprint density at radius 3 is 2.48 bits per heavy atom. The third kappa shape index (κ3) is 3.20. The van der Waals surface area contributed by atoms with Gasteiger partial charge < -0.3 is 15.8 Å². The normalized spacial score (nSPS) is 17.7. The lowest BCUT2D eigenvalue weighted by atomic mass is 9.83. The highest BCUT2D eigenvalue weighted by molar-refractivity contribution is 9.10. The van der Waals surface area contributed by atoms with Crippen LogP contribution in [0.2, 0.25) is 0 Å². The van der Waals surface area contributed by atoms with E-state index in [0.717, 1.165) is 22.9 Å². The lowest BCUT2D eigenvalue weighted by molar-refractivity contribution is -0.137. The summed E-state index contributed by atoms with van der Waals surface area (Å²) in [7, 11) is 1.76. The van der Waals surface area contributed by atoms with Crippen molar-refractivity contribution >= 4 is 27.7 Å². The van der Waals surface area contributed by atoms with Gasteiger partial charge in [0.25, 0.3) is 0 Å². The number of oxime groups is 1. The van der Waals surface area contributed by atoms with Crippen molar-refractivity contribution in [1.82, 2.24) is 4.90 Å². The van der Waals surface area contributed by atoms with E-state index in [4.69, 9.17) is 10.9 Å². The van der Waals surface area contributed by atoms with Gasteiger partial charge >= 0.3 is 0 Å². The molecule has 0 aliphatic heterocycles. The molecular formula is C15H20BrN3O2. The Balaban J connectivity index is 2.15. The zero-order valence-corrected chi connectivity index (χ0v) is 13.6. The van der Waals surface area contributed by atoms with E-state index in [1.165, 1.54) is 0 Å². The van der Waals surface area contributed by atoms with Gasteiger partial charge in [-0.05, 0) is 30.5 Å². The molecule has 0 unspecified atom stereocenters. The molecule has 5 nitrogen and oxygen atoms in total. The van der Waals surface area contributed by atoms with E-state index in [9.17, 15) is 4.79 Å². The third-order valence-corrected chi connectivity index (χ3v) is 4.67. The molecule has 0 bridgehead atoms. The highest BCUT2D eigenvalue weighted by Gasteiger charge is 2.46. The maximum absolute atomic E-state index is 12.8. The van der Waals surface area contributed by atoms with E-state index in [-0.39, 0.29) is 11.7 Å². The first-order valence-corrected chi connectivity index (χ1v) is 7.77. The molecule has 0 atom stereocenters. The minimum absolute atomic E-state index is 0.0349. The number of nitrogens with two attached hydrogens (primary N) is 1. The number of halogens is 1. The van der Waals surface area contributed by atoms with Gasteiger partial charge in [-0.1, -0.05) is 46.1 Å². The van der Waals surface area contributed by atoms with Crippen LogP contribution < -0.4 is 5.73 Å². The molecule has 1 aromatic rings. The van der Waals surface area contributed by atoms with E-state index >= 15 is 0 Å². The van der Waals surface area contributed by atoms with Gasteiger partial charge in [-0.2, -0.15) is 0 Å². The number of amides is 1. The molecule has 1 fully saturated rings. The summed E-state index contributed by atoms with van der Waals surface area (Å²) in [4.78, 5) is 14.4. The highest BCUT2D eigenvalue weighted by atomic mass is 79.9. The van der Waals surface area contributed by atoms with Crippen molar-refractivity contribution in [3.8, 4) is 0 Å². The van der Waals surface area contributed by atoms with Gasteiger partial charge in [-0.15, -0.1) is 0 Å². The molecule has 0 radical (unpaired) electrons. The number of carbonyl (C=O) groups is 1. The fourth-order valence-electron chi connectivity index (χ4n) is 2.95. The molecule has 0 heterocycles. The standard InChI is InChI=1S/C15H20BrN3O2/c1-19(10-11-4-6-12(16)7-5-11)14(20)15(13(17)18-21)8-2-3-9-15/h4-7,21H,2-3,8-10H2,1H3,(H2,17,18). The number of benzene rings is 1. The number of hydrogen-bond donors (Lipinski definition) is 2. The van der Waals surface area contributed by atoms with Crippen LogP contribution in [-0.2, 0) is 11.3 Å². The van der Waals surface area contributed by atoms with Gasteiger partial charge in [0.1, 0.15) is 5.41 Å². The van der Waals surface area contributed by atoms with Gasteiger partial charge in [0.05, 0.1) is 0 Å². The van der Waals surface area contributed by atoms with Crippen LogP contribution in [0.3, 0.4) is 0 Å². The van der Waals surface area contributed by atoms with E-state index in [1.54, 1.807) is 11.9 Å². The van der Waals surface area contributed by atoms with Crippen LogP contribution in [0, 0.1) is 5.41 Å². The summed E-state index contributed by atoms with van der Waals surface area (Å²) in [5, 5.41) is 12.1. The number of amidine groups is 1. The Kier molecular flexibility index (Phi) is 4.88. The molecule has 1 amide bonds. The fraction of sp³-hybridized carbons (Fsp3) is 0.467. The Labute approximate surface area is 132 Å². The second-order valence-electron chi connectivity index (χ2n) is 5.56. The molecule has 1 aliphatic carbocycles. The van der Waals surface area contributed by atoms with E-state index < -0.39 is 5.41 Å². The van der Waals surface area contributed by atoms with Crippen LogP contribution in [0.1, 0.15) is 31.2 Å². The van der Waals surface area contributed by atoms with Gasteiger partial charge in [-0.3, -0.25) is 4.79 Å². The van der Waals surface area contributed by atoms with Crippen molar-refractivity contribution in [3.63, 3.8) is 0 Å². The Morgan fingerprint density at radius 1 is 1.38 bits per heavy atom. The van der Waals surface area contributed by atoms with Crippen molar-refractivity contribution in [1.29, 1.82) is 0 Å². The zero-order valence-electron chi connectivity index (χ0n) is 12.1. The molecule has 114 valence electrons. The van der Waals surface area contributed by atoms with Crippen LogP contribution in [0.4, 0.5) is 0 Å². The lowest BCUT2D eigenvalue weighted by Crippen LogP contribution is -2.48. The Bertz CT molecular complexity index is 536. The summed E-state index contributed by atoms with van der Waals surface area (Å²) < 4.78 is 1.00. The number of rotatable bonds is 4. The molecule has 3 N–H and O–H groups in total. The monoisotopic (exact) mass is 353 g/mol. The number of carbonyl (C=O) groups excluding carboxylic acids is 1. The summed E-state index contributed by atoms with van der Waals surface area (Å²) in [6.45, 7) is 0.507. The predicted octanol–water partition coefficient (Wildman–Crippen LogP) is 2.71. The second-order valence-corrected chi connectivity index (χ2v) is 6.48. The van der Waals surface area contributed by atoms with Gasteiger partial charge in [0.15, 0.2) is 5.84 Å². The summed E-state index contributed by atoms with van der Waals surface area (Å²) in [5.74, 6) is -0.0362. The molecule has 1 aliphatic rings. The minimum atomic E-state index is -0.834. The van der Waals surface area contributed by atoms with Crippen LogP contribution >= 0.6 is 15.9 Å². The van der Waals surface area contributed by atoms with Crippen molar-refractivity contribution < 1.29 is 10.0 Å². The fourth-order valence-corrected chi connectivity index (χ4v) is 3.22. The average Bonchev–Trinajstić information content (AvgIpc) is 2.98. The number of hydrogen-bond acceptors (Lipinski definition) is 3. The Hall–Kier alpha value is -1.56. The highest BCUT2D eigenvalue weighted by Crippen LogP contribution is 2.40. The van der Waals surface area contributed by atoms with Gasteiger partial charge in [0.2, 0.25) is 5.91 Å². The van der Waals surface area contributed by atoms with Crippen molar-refractivity contribution in [2.45, 2.75) is 32.2 Å². The summed E-state index contributed by atoms with van der Waals surface area (Å²) in [6, 6.07) is 7.84. The molecule has 21 heavy (non-hydrogen) atoms. The quantitative estimate of drug-likeness (QED) is 0.378. The van der Waals surface area contributed by atoms with Crippen LogP contribution in [0.15, 0.2) is 33.9 Å². The van der Waals surface area contributed by atoms with Crippen LogP contribution in [0.5, 0.6) is 0 Å². The Morgan fingerprint density at radius 2 is 1.95 bits per heavy atom. The minimum Gasteiger partial charge on any atom is -0.409 e. The summed E-state index contributed by atoms with van der Waals surface area (Å²) >= 11 is 3.39. The molecule has 1 saturated carbocycles.